The van der Waals surface area contributed by atoms with E-state index in [1.54, 1.807) is 24.3 Å². The number of benzene rings is 2. The predicted molar refractivity (Wildman–Crippen MR) is 94.2 cm³/mol. The Hall–Kier alpha value is -3.13. The Labute approximate surface area is 146 Å². The number of nitrogens with zero attached hydrogens (tertiary/aromatic N) is 1. The molecule has 0 fully saturated rings. The van der Waals surface area contributed by atoms with Crippen molar-refractivity contribution in [3.63, 3.8) is 0 Å². The van der Waals surface area contributed by atoms with Gasteiger partial charge < -0.3 is 5.11 Å². The highest BCUT2D eigenvalue weighted by molar-refractivity contribution is 7.13. The molecule has 25 heavy (non-hydrogen) atoms. The molecule has 2 amide bonds. The molecule has 0 bridgehead atoms. The van der Waals surface area contributed by atoms with E-state index in [1.165, 1.54) is 27.6 Å². The van der Waals surface area contributed by atoms with Crippen LogP contribution in [0.2, 0.25) is 0 Å². The first-order chi connectivity index (χ1) is 12.0. The summed E-state index contributed by atoms with van der Waals surface area (Å²) in [5.41, 5.74) is 5.07. The van der Waals surface area contributed by atoms with Crippen LogP contribution in [0, 0.1) is 0 Å². The van der Waals surface area contributed by atoms with Crippen molar-refractivity contribution < 1.29 is 14.7 Å². The predicted octanol–water partition coefficient (Wildman–Crippen LogP) is 1.16. The van der Waals surface area contributed by atoms with E-state index in [1.807, 2.05) is 12.1 Å². The molecule has 1 heterocycles. The van der Waals surface area contributed by atoms with Gasteiger partial charge in [0.2, 0.25) is 5.91 Å². The van der Waals surface area contributed by atoms with Gasteiger partial charge in [-0.1, -0.05) is 35.8 Å². The minimum absolute atomic E-state index is 0.0589. The van der Waals surface area contributed by atoms with Crippen molar-refractivity contribution in [2.45, 2.75) is 13.0 Å². The maximum absolute atomic E-state index is 12.2. The molecule has 0 spiro atoms. The third-order valence-electron chi connectivity index (χ3n) is 3.48. The number of phenolic OH excluding ortho intramolecular Hbond substituents is 1. The summed E-state index contributed by atoms with van der Waals surface area (Å²) in [6, 6.07) is 13.3. The summed E-state index contributed by atoms with van der Waals surface area (Å²) in [5, 5.41) is 9.76. The SMILES string of the molecule is O=C(Cc1ccc(O)cc1)NNC(=O)Cn1sc2ccccc2c1=O. The first-order valence-electron chi connectivity index (χ1n) is 7.47. The number of aromatic hydroxyl groups is 1. The molecule has 0 saturated heterocycles. The van der Waals surface area contributed by atoms with E-state index in [0.717, 1.165) is 4.70 Å². The Morgan fingerprint density at radius 2 is 1.68 bits per heavy atom. The second kappa shape index (κ2) is 7.18. The summed E-state index contributed by atoms with van der Waals surface area (Å²) in [7, 11) is 0. The van der Waals surface area contributed by atoms with Crippen molar-refractivity contribution in [3.05, 3.63) is 64.4 Å². The number of fused-ring (bicyclic) bond motifs is 1. The topological polar surface area (TPSA) is 100 Å². The monoisotopic (exact) mass is 357 g/mol. The quantitative estimate of drug-likeness (QED) is 0.610. The molecule has 0 saturated carbocycles. The number of hydrogen-bond donors (Lipinski definition) is 3. The molecule has 2 aromatic carbocycles. The van der Waals surface area contributed by atoms with Gasteiger partial charge in [0.05, 0.1) is 16.5 Å². The van der Waals surface area contributed by atoms with Gasteiger partial charge in [-0.25, -0.2) is 0 Å². The smallest absolute Gasteiger partial charge is 0.269 e. The average Bonchev–Trinajstić information content (AvgIpc) is 2.91. The minimum atomic E-state index is -0.493. The van der Waals surface area contributed by atoms with Gasteiger partial charge in [0.25, 0.3) is 11.5 Å². The summed E-state index contributed by atoms with van der Waals surface area (Å²) >= 11 is 1.20. The Kier molecular flexibility index (Phi) is 4.80. The summed E-state index contributed by atoms with van der Waals surface area (Å²) in [6.45, 7) is -0.169. The Balaban J connectivity index is 1.55. The zero-order valence-corrected chi connectivity index (χ0v) is 13.9. The number of hydrogen-bond acceptors (Lipinski definition) is 5. The fourth-order valence-corrected chi connectivity index (χ4v) is 3.27. The first-order valence-corrected chi connectivity index (χ1v) is 8.25. The van der Waals surface area contributed by atoms with Gasteiger partial charge in [-0.2, -0.15) is 0 Å². The standard InChI is InChI=1S/C17H15N3O4S/c21-12-7-5-11(6-8-12)9-15(22)18-19-16(23)10-20-17(24)13-3-1-2-4-14(13)25-20/h1-8,21H,9-10H2,(H,18,22)(H,19,23). The number of carbonyl (C=O) groups is 2. The Morgan fingerprint density at radius 1 is 1.00 bits per heavy atom. The van der Waals surface area contributed by atoms with Crippen LogP contribution in [-0.2, 0) is 22.6 Å². The minimum Gasteiger partial charge on any atom is -0.508 e. The van der Waals surface area contributed by atoms with Crippen molar-refractivity contribution in [1.29, 1.82) is 0 Å². The molecule has 0 aliphatic rings. The van der Waals surface area contributed by atoms with Crippen LogP contribution in [0.25, 0.3) is 10.1 Å². The van der Waals surface area contributed by atoms with Crippen molar-refractivity contribution in [1.82, 2.24) is 14.8 Å². The number of hydrazine groups is 1. The van der Waals surface area contributed by atoms with E-state index in [4.69, 9.17) is 0 Å². The number of phenols is 1. The van der Waals surface area contributed by atoms with Gasteiger partial charge in [0.1, 0.15) is 12.3 Å². The molecule has 0 aliphatic carbocycles. The highest BCUT2D eigenvalue weighted by Crippen LogP contribution is 2.15. The van der Waals surface area contributed by atoms with E-state index < -0.39 is 11.8 Å². The fourth-order valence-electron chi connectivity index (χ4n) is 2.27. The molecular formula is C17H15N3O4S. The van der Waals surface area contributed by atoms with Crippen LogP contribution in [0.1, 0.15) is 5.56 Å². The normalized spacial score (nSPS) is 10.6. The summed E-state index contributed by atoms with van der Waals surface area (Å²) < 4.78 is 2.14. The number of carbonyl (C=O) groups excluding carboxylic acids is 2. The number of nitrogens with one attached hydrogen (secondary N) is 2. The lowest BCUT2D eigenvalue weighted by Gasteiger charge is -2.07. The maximum Gasteiger partial charge on any atom is 0.269 e. The molecule has 3 rings (SSSR count). The molecule has 7 nitrogen and oxygen atoms in total. The molecule has 0 unspecified atom stereocenters. The molecule has 0 aliphatic heterocycles. The van der Waals surface area contributed by atoms with Crippen LogP contribution in [0.15, 0.2) is 53.3 Å². The molecule has 128 valence electrons. The van der Waals surface area contributed by atoms with E-state index >= 15 is 0 Å². The lowest BCUT2D eigenvalue weighted by molar-refractivity contribution is -0.128. The Bertz CT molecular complexity index is 975. The van der Waals surface area contributed by atoms with Crippen LogP contribution < -0.4 is 16.4 Å². The summed E-state index contributed by atoms with van der Waals surface area (Å²) in [5.74, 6) is -0.776. The maximum atomic E-state index is 12.2. The average molecular weight is 357 g/mol. The first kappa shape index (κ1) is 16.7. The lowest BCUT2D eigenvalue weighted by atomic mass is 10.1. The van der Waals surface area contributed by atoms with Gasteiger partial charge in [0.15, 0.2) is 0 Å². The molecule has 8 heteroatoms. The van der Waals surface area contributed by atoms with Crippen LogP contribution in [0.4, 0.5) is 0 Å². The van der Waals surface area contributed by atoms with Gasteiger partial charge in [-0.05, 0) is 29.8 Å². The number of rotatable bonds is 4. The largest absolute Gasteiger partial charge is 0.508 e. The molecular weight excluding hydrogens is 342 g/mol. The second-order valence-corrected chi connectivity index (χ2v) is 6.43. The Morgan fingerprint density at radius 3 is 2.40 bits per heavy atom. The van der Waals surface area contributed by atoms with E-state index in [0.29, 0.717) is 10.9 Å². The van der Waals surface area contributed by atoms with Crippen LogP contribution in [0.3, 0.4) is 0 Å². The lowest BCUT2D eigenvalue weighted by Crippen LogP contribution is -2.44. The van der Waals surface area contributed by atoms with E-state index in [2.05, 4.69) is 10.9 Å². The van der Waals surface area contributed by atoms with Crippen molar-refractivity contribution in [2.75, 3.05) is 0 Å². The van der Waals surface area contributed by atoms with E-state index in [9.17, 15) is 19.5 Å². The van der Waals surface area contributed by atoms with Crippen molar-refractivity contribution >= 4 is 33.4 Å². The van der Waals surface area contributed by atoms with Gasteiger partial charge in [0, 0.05) is 0 Å². The van der Waals surface area contributed by atoms with Crippen molar-refractivity contribution in [2.24, 2.45) is 0 Å². The van der Waals surface area contributed by atoms with Gasteiger partial charge in [-0.3, -0.25) is 29.2 Å². The molecule has 0 atom stereocenters. The van der Waals surface area contributed by atoms with Crippen LogP contribution in [0.5, 0.6) is 5.75 Å². The highest BCUT2D eigenvalue weighted by Gasteiger charge is 2.11. The number of aromatic nitrogens is 1. The highest BCUT2D eigenvalue weighted by atomic mass is 32.1. The van der Waals surface area contributed by atoms with Gasteiger partial charge in [-0.15, -0.1) is 0 Å². The van der Waals surface area contributed by atoms with Crippen LogP contribution >= 0.6 is 11.5 Å². The van der Waals surface area contributed by atoms with E-state index in [-0.39, 0.29) is 24.3 Å². The molecule has 3 aromatic rings. The molecule has 3 N–H and O–H groups in total. The third kappa shape index (κ3) is 4.04. The third-order valence-corrected chi connectivity index (χ3v) is 4.55. The molecule has 1 aromatic heterocycles. The zero-order chi connectivity index (χ0) is 17.8. The zero-order valence-electron chi connectivity index (χ0n) is 13.1. The molecule has 0 radical (unpaired) electrons. The number of amides is 2. The summed E-state index contributed by atoms with van der Waals surface area (Å²) in [6.07, 6.45) is 0.0589. The summed E-state index contributed by atoms with van der Waals surface area (Å²) in [4.78, 5) is 35.9. The van der Waals surface area contributed by atoms with Crippen LogP contribution in [-0.4, -0.2) is 20.9 Å². The fraction of sp³-hybridized carbons (Fsp3) is 0.118. The van der Waals surface area contributed by atoms with Crippen molar-refractivity contribution in [3.8, 4) is 5.75 Å². The second-order valence-electron chi connectivity index (χ2n) is 5.37. The van der Waals surface area contributed by atoms with Gasteiger partial charge >= 0.3 is 0 Å².